The first-order valence-electron chi connectivity index (χ1n) is 7.28. The molecule has 23 heavy (non-hydrogen) atoms. The third-order valence-corrected chi connectivity index (χ3v) is 5.00. The van der Waals surface area contributed by atoms with Gasteiger partial charge in [-0.15, -0.1) is 5.10 Å². The molecule has 0 spiro atoms. The fraction of sp³-hybridized carbons (Fsp3) is 0.500. The average molecular weight is 429 g/mol. The maximum atomic E-state index is 12.1. The van der Waals surface area contributed by atoms with Gasteiger partial charge in [0.2, 0.25) is 5.95 Å². The van der Waals surface area contributed by atoms with E-state index in [-0.39, 0.29) is 29.3 Å². The second kappa shape index (κ2) is 6.38. The number of hydrogen-bond donors (Lipinski definition) is 1. The van der Waals surface area contributed by atoms with Crippen LogP contribution in [0.25, 0.3) is 5.52 Å². The van der Waals surface area contributed by atoms with Crippen LogP contribution in [0, 0.1) is 9.62 Å². The molecule has 1 fully saturated rings. The molecule has 1 aliphatic carbocycles. The fourth-order valence-corrected chi connectivity index (χ4v) is 3.78. The molecule has 2 heterocycles. The number of aliphatic imine (C=N–C) groups is 1. The number of esters is 1. The summed E-state index contributed by atoms with van der Waals surface area (Å²) in [5.41, 5.74) is 0.136. The quantitative estimate of drug-likeness (QED) is 0.456. The Bertz CT molecular complexity index is 820. The van der Waals surface area contributed by atoms with Gasteiger partial charge in [0, 0.05) is 5.92 Å². The van der Waals surface area contributed by atoms with Crippen molar-refractivity contribution < 1.29 is 9.53 Å². The molecular weight excluding hydrogens is 413 g/mol. The Kier molecular flexibility index (Phi) is 4.46. The van der Waals surface area contributed by atoms with Crippen LogP contribution in [-0.4, -0.2) is 39.4 Å². The average Bonchev–Trinajstić information content (AvgIpc) is 2.91. The number of H-pyrrole nitrogens is 1. The van der Waals surface area contributed by atoms with Crippen molar-refractivity contribution in [2.75, 3.05) is 7.11 Å². The highest BCUT2D eigenvalue weighted by molar-refractivity contribution is 14.1. The van der Waals surface area contributed by atoms with Crippen molar-refractivity contribution >= 4 is 46.7 Å². The van der Waals surface area contributed by atoms with Gasteiger partial charge in [-0.1, -0.05) is 0 Å². The Hall–Kier alpha value is -1.78. The summed E-state index contributed by atoms with van der Waals surface area (Å²) in [7, 11) is 1.42. The van der Waals surface area contributed by atoms with Crippen LogP contribution in [-0.2, 0) is 9.53 Å². The number of methoxy groups -OCH3 is 1. The number of ether oxygens (including phenoxy) is 1. The normalized spacial score (nSPS) is 21.3. The smallest absolute Gasteiger partial charge is 0.308 e. The van der Waals surface area contributed by atoms with Crippen molar-refractivity contribution in [3.05, 3.63) is 19.9 Å². The summed E-state index contributed by atoms with van der Waals surface area (Å²) in [4.78, 5) is 34.6. The van der Waals surface area contributed by atoms with Crippen LogP contribution >= 0.6 is 22.6 Å². The molecule has 0 amide bonds. The van der Waals surface area contributed by atoms with Gasteiger partial charge in [-0.3, -0.25) is 14.6 Å². The summed E-state index contributed by atoms with van der Waals surface area (Å²) < 4.78 is 6.98. The number of halogens is 1. The third-order valence-electron chi connectivity index (χ3n) is 4.25. The summed E-state index contributed by atoms with van der Waals surface area (Å²) in [6, 6.07) is 0. The number of carbonyl (C=O) groups excluding carboxylic acids is 1. The minimum atomic E-state index is -0.284. The molecule has 0 radical (unpaired) electrons. The summed E-state index contributed by atoms with van der Waals surface area (Å²) in [5.74, 6) is 0.852. The highest BCUT2D eigenvalue weighted by atomic mass is 127. The largest absolute Gasteiger partial charge is 0.469 e. The predicted octanol–water partition coefficient (Wildman–Crippen LogP) is 1.80. The van der Waals surface area contributed by atoms with Gasteiger partial charge in [-0.05, 0) is 55.0 Å². The summed E-state index contributed by atoms with van der Waals surface area (Å²) >= 11 is 2.03. The number of aromatic amines is 1. The zero-order chi connectivity index (χ0) is 16.6. The van der Waals surface area contributed by atoms with Crippen molar-refractivity contribution in [2.24, 2.45) is 10.9 Å². The molecule has 2 aromatic heterocycles. The first kappa shape index (κ1) is 16.1. The molecule has 8 nitrogen and oxygen atoms in total. The Morgan fingerprint density at radius 3 is 2.74 bits per heavy atom. The van der Waals surface area contributed by atoms with Gasteiger partial charge in [0.25, 0.3) is 5.56 Å². The number of nitrogens with one attached hydrogen (secondary N) is 1. The molecule has 2 aromatic rings. The molecule has 3 rings (SSSR count). The van der Waals surface area contributed by atoms with Crippen LogP contribution in [0.15, 0.2) is 9.79 Å². The zero-order valence-electron chi connectivity index (χ0n) is 12.6. The first-order chi connectivity index (χ1) is 11.0. The van der Waals surface area contributed by atoms with Crippen molar-refractivity contribution in [1.29, 1.82) is 0 Å². The number of aromatic nitrogens is 4. The van der Waals surface area contributed by atoms with Crippen LogP contribution in [0.5, 0.6) is 0 Å². The van der Waals surface area contributed by atoms with Gasteiger partial charge in [-0.2, -0.15) is 0 Å². The number of rotatable bonds is 3. The van der Waals surface area contributed by atoms with Crippen molar-refractivity contribution in [2.45, 2.75) is 31.6 Å². The zero-order valence-corrected chi connectivity index (χ0v) is 14.7. The van der Waals surface area contributed by atoms with E-state index in [1.807, 2.05) is 22.6 Å². The fourth-order valence-electron chi connectivity index (χ4n) is 3.06. The SMILES string of the molecule is C=Nc1nn2c(C3CCC(C(=O)OC)CC3)nc(I)c2c(=O)[nH]1. The number of imidazole rings is 1. The standard InChI is InChI=1S/C14H16IN5O3/c1-16-14-18-12(21)9-10(15)17-11(20(9)19-14)7-3-5-8(6-4-7)13(22)23-2/h7-8H,1,3-6H2,2H3,(H,18,19,21). The van der Waals surface area contributed by atoms with Crippen molar-refractivity contribution in [3.8, 4) is 0 Å². The third kappa shape index (κ3) is 2.89. The lowest BCUT2D eigenvalue weighted by Gasteiger charge is -2.25. The Morgan fingerprint density at radius 2 is 2.13 bits per heavy atom. The van der Waals surface area contributed by atoms with E-state index in [9.17, 15) is 9.59 Å². The van der Waals surface area contributed by atoms with E-state index >= 15 is 0 Å². The van der Waals surface area contributed by atoms with E-state index in [0.29, 0.717) is 9.22 Å². The van der Waals surface area contributed by atoms with Gasteiger partial charge >= 0.3 is 5.97 Å². The summed E-state index contributed by atoms with van der Waals surface area (Å²) in [6.07, 6.45) is 3.11. The minimum absolute atomic E-state index is 0.0525. The highest BCUT2D eigenvalue weighted by Crippen LogP contribution is 2.36. The van der Waals surface area contributed by atoms with Gasteiger partial charge in [0.15, 0.2) is 5.52 Å². The number of carbonyl (C=O) groups is 1. The predicted molar refractivity (Wildman–Crippen MR) is 92.2 cm³/mol. The Morgan fingerprint density at radius 1 is 1.43 bits per heavy atom. The monoisotopic (exact) mass is 429 g/mol. The lowest BCUT2D eigenvalue weighted by molar-refractivity contribution is -0.146. The lowest BCUT2D eigenvalue weighted by atomic mass is 9.81. The van der Waals surface area contributed by atoms with Crippen LogP contribution in [0.3, 0.4) is 0 Å². The molecule has 0 atom stereocenters. The van der Waals surface area contributed by atoms with E-state index in [4.69, 9.17) is 4.74 Å². The van der Waals surface area contributed by atoms with Crippen LogP contribution in [0.2, 0.25) is 0 Å². The van der Waals surface area contributed by atoms with Gasteiger partial charge in [0.1, 0.15) is 9.53 Å². The number of hydrogen-bond acceptors (Lipinski definition) is 6. The van der Waals surface area contributed by atoms with E-state index < -0.39 is 0 Å². The highest BCUT2D eigenvalue weighted by Gasteiger charge is 2.31. The molecule has 0 bridgehead atoms. The maximum Gasteiger partial charge on any atom is 0.308 e. The van der Waals surface area contributed by atoms with Gasteiger partial charge in [-0.25, -0.2) is 14.5 Å². The maximum absolute atomic E-state index is 12.1. The van der Waals surface area contributed by atoms with Crippen molar-refractivity contribution in [3.63, 3.8) is 0 Å². The van der Waals surface area contributed by atoms with E-state index in [1.165, 1.54) is 7.11 Å². The summed E-state index contributed by atoms with van der Waals surface area (Å²) in [5, 5.41) is 4.29. The molecule has 1 saturated carbocycles. The Balaban J connectivity index is 1.95. The Labute approximate surface area is 145 Å². The topological polar surface area (TPSA) is 102 Å². The summed E-state index contributed by atoms with van der Waals surface area (Å²) in [6.45, 7) is 3.40. The number of fused-ring (bicyclic) bond motifs is 1. The van der Waals surface area contributed by atoms with Crippen LogP contribution in [0.1, 0.15) is 37.4 Å². The molecular formula is C14H16IN5O3. The number of nitrogens with zero attached hydrogens (tertiary/aromatic N) is 4. The van der Waals surface area contributed by atoms with Crippen LogP contribution < -0.4 is 5.56 Å². The molecule has 1 aliphatic rings. The van der Waals surface area contributed by atoms with Gasteiger partial charge < -0.3 is 4.74 Å². The lowest BCUT2D eigenvalue weighted by Crippen LogP contribution is -2.23. The molecule has 122 valence electrons. The van der Waals surface area contributed by atoms with Gasteiger partial charge in [0.05, 0.1) is 13.0 Å². The van der Waals surface area contributed by atoms with Crippen LogP contribution in [0.4, 0.5) is 5.95 Å². The van der Waals surface area contributed by atoms with E-state index in [1.54, 1.807) is 4.52 Å². The molecule has 0 aromatic carbocycles. The molecule has 1 N–H and O–H groups in total. The molecule has 0 unspecified atom stereocenters. The molecule has 0 aliphatic heterocycles. The second-order valence-electron chi connectivity index (χ2n) is 5.53. The molecule has 9 heteroatoms. The van der Waals surface area contributed by atoms with E-state index in [2.05, 4.69) is 26.8 Å². The van der Waals surface area contributed by atoms with E-state index in [0.717, 1.165) is 31.5 Å². The second-order valence-corrected chi connectivity index (χ2v) is 6.55. The molecule has 0 saturated heterocycles. The minimum Gasteiger partial charge on any atom is -0.469 e. The first-order valence-corrected chi connectivity index (χ1v) is 8.36. The van der Waals surface area contributed by atoms with Crippen molar-refractivity contribution in [1.82, 2.24) is 19.6 Å².